The molecule has 0 atom stereocenters. The van der Waals surface area contributed by atoms with E-state index in [0.717, 1.165) is 47.9 Å². The maximum Gasteiger partial charge on any atom is 0.322 e. The van der Waals surface area contributed by atoms with E-state index in [4.69, 9.17) is 14.8 Å². The molecule has 136 valence electrons. The number of hydrogen-bond acceptors (Lipinski definition) is 5. The van der Waals surface area contributed by atoms with E-state index in [0.29, 0.717) is 0 Å². The number of carboxylic acid groups (broad SMARTS) is 1. The molecule has 0 saturated carbocycles. The van der Waals surface area contributed by atoms with Crippen molar-refractivity contribution in [3.8, 4) is 5.75 Å². The highest BCUT2D eigenvalue weighted by Crippen LogP contribution is 2.36. The monoisotopic (exact) mass is 345 g/mol. The molecule has 0 unspecified atom stereocenters. The maximum absolute atomic E-state index is 11.0. The second-order valence-corrected chi connectivity index (χ2v) is 6.91. The molecule has 0 aromatic heterocycles. The number of nitrogens with one attached hydrogen (secondary N) is 2. The fourth-order valence-electron chi connectivity index (χ4n) is 2.97. The van der Waals surface area contributed by atoms with E-state index in [9.17, 15) is 4.79 Å². The first-order valence-corrected chi connectivity index (χ1v) is 8.49. The number of allylic oxidation sites excluding steroid dienone is 2. The molecular formula is C19H27N3O3. The molecule has 0 heterocycles. The zero-order chi connectivity index (χ0) is 18.4. The molecule has 1 aromatic carbocycles. The highest BCUT2D eigenvalue weighted by Gasteiger charge is 2.31. The lowest BCUT2D eigenvalue weighted by Gasteiger charge is -2.34. The third-order valence-corrected chi connectivity index (χ3v) is 4.03. The molecule has 1 aromatic rings. The molecule has 3 N–H and O–H groups in total. The van der Waals surface area contributed by atoms with Crippen LogP contribution in [0.5, 0.6) is 5.75 Å². The van der Waals surface area contributed by atoms with Gasteiger partial charge in [0.25, 0.3) is 0 Å². The van der Waals surface area contributed by atoms with E-state index in [1.54, 1.807) is 7.11 Å². The summed E-state index contributed by atoms with van der Waals surface area (Å²) in [6, 6.07) is 7.60. The summed E-state index contributed by atoms with van der Waals surface area (Å²) < 4.78 is 5.19. The minimum Gasteiger partial charge on any atom is -0.497 e. The van der Waals surface area contributed by atoms with Gasteiger partial charge in [-0.3, -0.25) is 9.79 Å². The van der Waals surface area contributed by atoms with E-state index in [1.807, 2.05) is 31.2 Å². The van der Waals surface area contributed by atoms with Gasteiger partial charge in [-0.25, -0.2) is 0 Å². The molecule has 6 nitrogen and oxygen atoms in total. The van der Waals surface area contributed by atoms with Crippen molar-refractivity contribution in [1.29, 1.82) is 0 Å². The molecule has 1 aliphatic rings. The van der Waals surface area contributed by atoms with Crippen LogP contribution in [-0.2, 0) is 4.79 Å². The van der Waals surface area contributed by atoms with Gasteiger partial charge in [0.15, 0.2) is 0 Å². The van der Waals surface area contributed by atoms with Crippen LogP contribution in [0.2, 0.25) is 0 Å². The summed E-state index contributed by atoms with van der Waals surface area (Å²) in [6.07, 6.45) is 1.60. The van der Waals surface area contributed by atoms with Gasteiger partial charge in [-0.1, -0.05) is 13.8 Å². The van der Waals surface area contributed by atoms with Crippen LogP contribution in [0.15, 0.2) is 40.7 Å². The Kier molecular flexibility index (Phi) is 6.07. The van der Waals surface area contributed by atoms with E-state index < -0.39 is 5.97 Å². The van der Waals surface area contributed by atoms with Crippen LogP contribution in [0.4, 0.5) is 5.69 Å². The van der Waals surface area contributed by atoms with Crippen LogP contribution < -0.4 is 15.4 Å². The average Bonchev–Trinajstić information content (AvgIpc) is 2.55. The number of hydrogen-bond donors (Lipinski definition) is 3. The summed E-state index contributed by atoms with van der Waals surface area (Å²) >= 11 is 0. The number of methoxy groups -OCH3 is 1. The van der Waals surface area contributed by atoms with E-state index in [2.05, 4.69) is 24.5 Å². The van der Waals surface area contributed by atoms with Crippen LogP contribution in [0.1, 0.15) is 33.6 Å². The van der Waals surface area contributed by atoms with Crippen molar-refractivity contribution in [3.05, 3.63) is 35.7 Å². The topological polar surface area (TPSA) is 83.0 Å². The zero-order valence-corrected chi connectivity index (χ0v) is 15.3. The van der Waals surface area contributed by atoms with Gasteiger partial charge in [0.2, 0.25) is 0 Å². The third-order valence-electron chi connectivity index (χ3n) is 4.03. The lowest BCUT2D eigenvalue weighted by Crippen LogP contribution is -2.38. The van der Waals surface area contributed by atoms with Crippen molar-refractivity contribution < 1.29 is 14.6 Å². The predicted octanol–water partition coefficient (Wildman–Crippen LogP) is 3.08. The number of benzene rings is 1. The minimum atomic E-state index is -0.875. The van der Waals surface area contributed by atoms with Crippen molar-refractivity contribution in [2.75, 3.05) is 20.2 Å². The first-order valence-electron chi connectivity index (χ1n) is 8.49. The number of carbonyl (C=O) groups is 1. The average molecular weight is 345 g/mol. The lowest BCUT2D eigenvalue weighted by molar-refractivity contribution is -0.135. The molecule has 0 spiro atoms. The molecule has 2 rings (SSSR count). The van der Waals surface area contributed by atoms with Crippen molar-refractivity contribution in [2.45, 2.75) is 33.6 Å². The minimum absolute atomic E-state index is 0.00502. The van der Waals surface area contributed by atoms with Gasteiger partial charge in [0.1, 0.15) is 12.3 Å². The Morgan fingerprint density at radius 1 is 1.24 bits per heavy atom. The lowest BCUT2D eigenvalue weighted by atomic mass is 9.77. The quantitative estimate of drug-likeness (QED) is 0.707. The van der Waals surface area contributed by atoms with Crippen molar-refractivity contribution in [2.24, 2.45) is 10.4 Å². The molecule has 6 heteroatoms. The predicted molar refractivity (Wildman–Crippen MR) is 99.4 cm³/mol. The standard InChI is InChI=1S/C19H27N3O3/c1-5-20-18-15(21-12-17(23)24)10-19(2,3)11-16(18)22-13-6-8-14(25-4)9-7-13/h6-9,20-21H,5,10-12H2,1-4H3,(H,23,24)/b22-16+. The highest BCUT2D eigenvalue weighted by atomic mass is 16.5. The molecule has 25 heavy (non-hydrogen) atoms. The highest BCUT2D eigenvalue weighted by molar-refractivity contribution is 6.03. The fraction of sp³-hybridized carbons (Fsp3) is 0.474. The number of ether oxygens (including phenoxy) is 1. The summed E-state index contributed by atoms with van der Waals surface area (Å²) in [6.45, 7) is 7.00. The first-order chi connectivity index (χ1) is 11.8. The number of carboxylic acids is 1. The Balaban J connectivity index is 2.40. The summed E-state index contributed by atoms with van der Waals surface area (Å²) in [5.74, 6) is -0.0837. The van der Waals surface area contributed by atoms with Gasteiger partial charge >= 0.3 is 5.97 Å². The first kappa shape index (κ1) is 18.8. The maximum atomic E-state index is 11.0. The van der Waals surface area contributed by atoms with Gasteiger partial charge in [0.05, 0.1) is 24.2 Å². The third kappa shape index (κ3) is 5.24. The molecule has 0 saturated heterocycles. The molecule has 0 radical (unpaired) electrons. The Hall–Kier alpha value is -2.50. The van der Waals surface area contributed by atoms with Crippen molar-refractivity contribution >= 4 is 17.4 Å². The van der Waals surface area contributed by atoms with Crippen LogP contribution >= 0.6 is 0 Å². The van der Waals surface area contributed by atoms with Crippen LogP contribution in [-0.4, -0.2) is 37.0 Å². The molecule has 1 aliphatic carbocycles. The summed E-state index contributed by atoms with van der Waals surface area (Å²) in [7, 11) is 1.64. The zero-order valence-electron chi connectivity index (χ0n) is 15.3. The van der Waals surface area contributed by atoms with Gasteiger partial charge in [-0.05, 0) is 49.4 Å². The molecule has 0 amide bonds. The Labute approximate surface area is 149 Å². The van der Waals surface area contributed by atoms with E-state index in [1.165, 1.54) is 0 Å². The molecule has 0 aliphatic heterocycles. The smallest absolute Gasteiger partial charge is 0.322 e. The van der Waals surface area contributed by atoms with Gasteiger partial charge < -0.3 is 20.5 Å². The molecule has 0 fully saturated rings. The SMILES string of the molecule is CCNC1=C(NCC(=O)O)CC(C)(C)C/C1=N\c1ccc(OC)cc1. The van der Waals surface area contributed by atoms with Gasteiger partial charge in [-0.2, -0.15) is 0 Å². The fourth-order valence-corrected chi connectivity index (χ4v) is 2.97. The van der Waals surface area contributed by atoms with Crippen LogP contribution in [0, 0.1) is 5.41 Å². The number of aliphatic carboxylic acids is 1. The van der Waals surface area contributed by atoms with Crippen LogP contribution in [0.3, 0.4) is 0 Å². The van der Waals surface area contributed by atoms with Gasteiger partial charge in [0, 0.05) is 12.2 Å². The Morgan fingerprint density at radius 2 is 1.92 bits per heavy atom. The number of rotatable bonds is 7. The largest absolute Gasteiger partial charge is 0.497 e. The Morgan fingerprint density at radius 3 is 2.48 bits per heavy atom. The Bertz CT molecular complexity index is 676. The van der Waals surface area contributed by atoms with E-state index in [-0.39, 0.29) is 12.0 Å². The molecule has 0 bridgehead atoms. The van der Waals surface area contributed by atoms with Crippen LogP contribution in [0.25, 0.3) is 0 Å². The van der Waals surface area contributed by atoms with Gasteiger partial charge in [-0.15, -0.1) is 0 Å². The molecular weight excluding hydrogens is 318 g/mol. The second-order valence-electron chi connectivity index (χ2n) is 6.91. The second kappa shape index (κ2) is 8.05. The summed E-state index contributed by atoms with van der Waals surface area (Å²) in [5, 5.41) is 15.4. The van der Waals surface area contributed by atoms with Crippen molar-refractivity contribution in [3.63, 3.8) is 0 Å². The number of aliphatic imine (C=N–C) groups is 1. The van der Waals surface area contributed by atoms with Crippen molar-refractivity contribution in [1.82, 2.24) is 10.6 Å². The summed E-state index contributed by atoms with van der Waals surface area (Å²) in [4.78, 5) is 15.8. The summed E-state index contributed by atoms with van der Waals surface area (Å²) in [5.41, 5.74) is 3.62. The normalized spacial score (nSPS) is 18.2. The number of nitrogens with zero attached hydrogens (tertiary/aromatic N) is 1. The van der Waals surface area contributed by atoms with E-state index >= 15 is 0 Å².